The first-order chi connectivity index (χ1) is 8.75. The van der Waals surface area contributed by atoms with Crippen molar-refractivity contribution in [2.45, 2.75) is 38.7 Å². The van der Waals surface area contributed by atoms with E-state index in [-0.39, 0.29) is 5.78 Å². The second-order valence-corrected chi connectivity index (χ2v) is 4.84. The first kappa shape index (κ1) is 13.1. The van der Waals surface area contributed by atoms with Crippen LogP contribution in [0.15, 0.2) is 24.3 Å². The largest absolute Gasteiger partial charge is 0.383 e. The molecule has 1 aromatic rings. The molecule has 98 valence electrons. The molecule has 0 aromatic heterocycles. The first-order valence-corrected chi connectivity index (χ1v) is 6.72. The zero-order valence-electron chi connectivity index (χ0n) is 10.9. The maximum absolute atomic E-state index is 11.1. The van der Waals surface area contributed by atoms with Gasteiger partial charge in [0.1, 0.15) is 0 Å². The molecule has 1 aliphatic carbocycles. The number of hydrogen-bond donors (Lipinski definition) is 1. The Morgan fingerprint density at radius 3 is 2.56 bits per heavy atom. The molecule has 3 nitrogen and oxygen atoms in total. The Kier molecular flexibility index (Phi) is 4.76. The van der Waals surface area contributed by atoms with Crippen LogP contribution in [-0.2, 0) is 4.74 Å². The molecule has 3 heteroatoms. The monoisotopic (exact) mass is 247 g/mol. The quantitative estimate of drug-likeness (QED) is 0.619. The van der Waals surface area contributed by atoms with Gasteiger partial charge in [-0.15, -0.1) is 0 Å². The zero-order chi connectivity index (χ0) is 12.8. The van der Waals surface area contributed by atoms with Crippen molar-refractivity contribution in [2.24, 2.45) is 0 Å². The zero-order valence-corrected chi connectivity index (χ0v) is 10.9. The van der Waals surface area contributed by atoms with Gasteiger partial charge in [0.25, 0.3) is 0 Å². The van der Waals surface area contributed by atoms with Crippen molar-refractivity contribution in [3.05, 3.63) is 29.8 Å². The summed E-state index contributed by atoms with van der Waals surface area (Å²) in [5.41, 5.74) is 1.79. The summed E-state index contributed by atoms with van der Waals surface area (Å²) in [6, 6.07) is 7.57. The number of carbonyl (C=O) groups is 1. The highest BCUT2D eigenvalue weighted by molar-refractivity contribution is 5.94. The van der Waals surface area contributed by atoms with Crippen LogP contribution in [0.2, 0.25) is 0 Å². The Morgan fingerprint density at radius 1 is 1.28 bits per heavy atom. The van der Waals surface area contributed by atoms with E-state index >= 15 is 0 Å². The molecule has 2 rings (SSSR count). The van der Waals surface area contributed by atoms with E-state index in [0.29, 0.717) is 6.10 Å². The van der Waals surface area contributed by atoms with Gasteiger partial charge in [0.05, 0.1) is 12.7 Å². The standard InChI is InChI=1S/C15H21NO2/c1-12(17)13-6-8-14(9-7-13)16-10-11-18-15-4-2-3-5-15/h6-9,15-16H,2-5,10-11H2,1H3. The third kappa shape index (κ3) is 3.84. The van der Waals surface area contributed by atoms with Crippen LogP contribution in [0.25, 0.3) is 0 Å². The SMILES string of the molecule is CC(=O)c1ccc(NCCOC2CCCC2)cc1. The molecule has 18 heavy (non-hydrogen) atoms. The fourth-order valence-electron chi connectivity index (χ4n) is 2.30. The molecule has 0 saturated heterocycles. The molecule has 0 heterocycles. The molecule has 1 fully saturated rings. The number of anilines is 1. The second-order valence-electron chi connectivity index (χ2n) is 4.84. The smallest absolute Gasteiger partial charge is 0.159 e. The molecular weight excluding hydrogens is 226 g/mol. The number of ether oxygens (including phenoxy) is 1. The van der Waals surface area contributed by atoms with Gasteiger partial charge >= 0.3 is 0 Å². The van der Waals surface area contributed by atoms with Crippen molar-refractivity contribution >= 4 is 11.5 Å². The van der Waals surface area contributed by atoms with E-state index in [1.165, 1.54) is 25.7 Å². The molecule has 0 unspecified atom stereocenters. The number of nitrogens with one attached hydrogen (secondary N) is 1. The Hall–Kier alpha value is -1.35. The van der Waals surface area contributed by atoms with Crippen LogP contribution >= 0.6 is 0 Å². The molecule has 0 aliphatic heterocycles. The highest BCUT2D eigenvalue weighted by Crippen LogP contribution is 2.20. The van der Waals surface area contributed by atoms with Crippen molar-refractivity contribution < 1.29 is 9.53 Å². The minimum absolute atomic E-state index is 0.103. The van der Waals surface area contributed by atoms with E-state index in [9.17, 15) is 4.79 Å². The molecule has 1 aliphatic rings. The third-order valence-corrected chi connectivity index (χ3v) is 3.38. The van der Waals surface area contributed by atoms with Crippen molar-refractivity contribution in [3.8, 4) is 0 Å². The lowest BCUT2D eigenvalue weighted by atomic mass is 10.1. The fourth-order valence-corrected chi connectivity index (χ4v) is 2.30. The number of rotatable bonds is 6. The molecule has 0 spiro atoms. The summed E-state index contributed by atoms with van der Waals surface area (Å²) in [6.07, 6.45) is 5.53. The minimum atomic E-state index is 0.103. The maximum Gasteiger partial charge on any atom is 0.159 e. The van der Waals surface area contributed by atoms with Gasteiger partial charge in [0.2, 0.25) is 0 Å². The van der Waals surface area contributed by atoms with Gasteiger partial charge in [0, 0.05) is 17.8 Å². The molecule has 1 aromatic carbocycles. The first-order valence-electron chi connectivity index (χ1n) is 6.72. The number of hydrogen-bond acceptors (Lipinski definition) is 3. The van der Waals surface area contributed by atoms with Crippen molar-refractivity contribution in [3.63, 3.8) is 0 Å². The summed E-state index contributed by atoms with van der Waals surface area (Å²) in [6.45, 7) is 3.15. The predicted molar refractivity (Wildman–Crippen MR) is 73.1 cm³/mol. The van der Waals surface area contributed by atoms with Gasteiger partial charge < -0.3 is 10.1 Å². The van der Waals surface area contributed by atoms with Gasteiger partial charge in [-0.25, -0.2) is 0 Å². The predicted octanol–water partition coefficient (Wildman–Crippen LogP) is 3.26. The summed E-state index contributed by atoms with van der Waals surface area (Å²) >= 11 is 0. The second kappa shape index (κ2) is 6.55. The summed E-state index contributed by atoms with van der Waals surface area (Å²) in [7, 11) is 0. The Labute approximate surface area is 109 Å². The molecule has 0 radical (unpaired) electrons. The van der Waals surface area contributed by atoms with Gasteiger partial charge in [0.15, 0.2) is 5.78 Å². The van der Waals surface area contributed by atoms with Crippen molar-refractivity contribution in [2.75, 3.05) is 18.5 Å². The van der Waals surface area contributed by atoms with E-state index in [1.807, 2.05) is 24.3 Å². The fraction of sp³-hybridized carbons (Fsp3) is 0.533. The van der Waals surface area contributed by atoms with Gasteiger partial charge in [-0.1, -0.05) is 12.8 Å². The lowest BCUT2D eigenvalue weighted by molar-refractivity contribution is 0.0659. The highest BCUT2D eigenvalue weighted by Gasteiger charge is 2.14. The molecule has 1 saturated carbocycles. The Balaban J connectivity index is 1.68. The summed E-state index contributed by atoms with van der Waals surface area (Å²) in [4.78, 5) is 11.1. The van der Waals surface area contributed by atoms with Crippen LogP contribution in [0.3, 0.4) is 0 Å². The lowest BCUT2D eigenvalue weighted by Crippen LogP contribution is -2.15. The van der Waals surface area contributed by atoms with E-state index in [1.54, 1.807) is 6.92 Å². The van der Waals surface area contributed by atoms with E-state index in [2.05, 4.69) is 5.32 Å². The summed E-state index contributed by atoms with van der Waals surface area (Å²) in [5, 5.41) is 3.30. The van der Waals surface area contributed by atoms with Crippen LogP contribution in [0, 0.1) is 0 Å². The average molecular weight is 247 g/mol. The Morgan fingerprint density at radius 2 is 1.94 bits per heavy atom. The van der Waals surface area contributed by atoms with Crippen LogP contribution < -0.4 is 5.32 Å². The van der Waals surface area contributed by atoms with Crippen LogP contribution in [0.4, 0.5) is 5.69 Å². The molecule has 0 atom stereocenters. The van der Waals surface area contributed by atoms with Crippen molar-refractivity contribution in [1.82, 2.24) is 0 Å². The van der Waals surface area contributed by atoms with E-state index in [0.717, 1.165) is 24.4 Å². The molecule has 0 bridgehead atoms. The maximum atomic E-state index is 11.1. The highest BCUT2D eigenvalue weighted by atomic mass is 16.5. The Bertz CT molecular complexity index is 380. The normalized spacial score (nSPS) is 15.8. The van der Waals surface area contributed by atoms with Crippen LogP contribution in [-0.4, -0.2) is 25.0 Å². The summed E-state index contributed by atoms with van der Waals surface area (Å²) in [5.74, 6) is 0.103. The van der Waals surface area contributed by atoms with Gasteiger partial charge in [-0.05, 0) is 44.0 Å². The topological polar surface area (TPSA) is 38.3 Å². The number of benzene rings is 1. The molecular formula is C15H21NO2. The number of ketones is 1. The lowest BCUT2D eigenvalue weighted by Gasteiger charge is -2.12. The number of carbonyl (C=O) groups excluding carboxylic acids is 1. The van der Waals surface area contributed by atoms with Gasteiger partial charge in [-0.3, -0.25) is 4.79 Å². The van der Waals surface area contributed by atoms with Crippen LogP contribution in [0.1, 0.15) is 43.0 Å². The van der Waals surface area contributed by atoms with E-state index < -0.39 is 0 Å². The molecule has 1 N–H and O–H groups in total. The number of Topliss-reactive ketones (excluding diaryl/α,β-unsaturated/α-hetero) is 1. The van der Waals surface area contributed by atoms with Gasteiger partial charge in [-0.2, -0.15) is 0 Å². The molecule has 0 amide bonds. The van der Waals surface area contributed by atoms with E-state index in [4.69, 9.17) is 4.74 Å². The average Bonchev–Trinajstić information content (AvgIpc) is 2.88. The summed E-state index contributed by atoms with van der Waals surface area (Å²) < 4.78 is 5.77. The third-order valence-electron chi connectivity index (χ3n) is 3.38. The van der Waals surface area contributed by atoms with Crippen LogP contribution in [0.5, 0.6) is 0 Å². The minimum Gasteiger partial charge on any atom is -0.383 e. The van der Waals surface area contributed by atoms with Crippen molar-refractivity contribution in [1.29, 1.82) is 0 Å².